The van der Waals surface area contributed by atoms with Crippen LogP contribution in [0.1, 0.15) is 38.4 Å². The van der Waals surface area contributed by atoms with E-state index in [1.54, 1.807) is 0 Å². The third kappa shape index (κ3) is 2.33. The lowest BCUT2D eigenvalue weighted by atomic mass is 9.80. The maximum atomic E-state index is 6.00. The van der Waals surface area contributed by atoms with Crippen molar-refractivity contribution >= 4 is 11.6 Å². The van der Waals surface area contributed by atoms with Gasteiger partial charge in [-0.3, -0.25) is 0 Å². The Bertz CT molecular complexity index is 315. The summed E-state index contributed by atoms with van der Waals surface area (Å²) in [7, 11) is 0. The number of aryl methyl sites for hydroxylation is 1. The van der Waals surface area contributed by atoms with Crippen LogP contribution in [0.15, 0.2) is 0 Å². The molecule has 1 aromatic rings. The highest BCUT2D eigenvalue weighted by Crippen LogP contribution is 2.31. The van der Waals surface area contributed by atoms with E-state index in [4.69, 9.17) is 11.6 Å². The quantitative estimate of drug-likeness (QED) is 0.778. The molecular weight excluding hydrogens is 210 g/mol. The van der Waals surface area contributed by atoms with Gasteiger partial charge in [-0.15, -0.1) is 10.2 Å². The van der Waals surface area contributed by atoms with Crippen molar-refractivity contribution < 1.29 is 0 Å². The minimum atomic E-state index is 0.533. The van der Waals surface area contributed by atoms with E-state index in [9.17, 15) is 0 Å². The fraction of sp³-hybridized carbons (Fsp3) is 0.818. The van der Waals surface area contributed by atoms with Crippen molar-refractivity contribution in [3.63, 3.8) is 0 Å². The van der Waals surface area contributed by atoms with Gasteiger partial charge in [0.2, 0.25) is 5.28 Å². The monoisotopic (exact) mass is 227 g/mol. The zero-order chi connectivity index (χ0) is 10.8. The molecule has 2 unspecified atom stereocenters. The van der Waals surface area contributed by atoms with Crippen molar-refractivity contribution in [2.75, 3.05) is 0 Å². The summed E-state index contributed by atoms with van der Waals surface area (Å²) in [5.74, 6) is 2.47. The Balaban J connectivity index is 2.07. The van der Waals surface area contributed by atoms with Crippen molar-refractivity contribution in [1.82, 2.24) is 14.8 Å². The molecule has 1 saturated carbocycles. The van der Waals surface area contributed by atoms with Crippen LogP contribution in [0.25, 0.3) is 0 Å². The van der Waals surface area contributed by atoms with Gasteiger partial charge in [-0.05, 0) is 36.8 Å². The van der Waals surface area contributed by atoms with Crippen LogP contribution >= 0.6 is 11.6 Å². The highest BCUT2D eigenvalue weighted by molar-refractivity contribution is 6.28. The minimum absolute atomic E-state index is 0.533. The Morgan fingerprint density at radius 1 is 1.33 bits per heavy atom. The van der Waals surface area contributed by atoms with Crippen LogP contribution in [0.5, 0.6) is 0 Å². The Labute approximate surface area is 95.8 Å². The zero-order valence-electron chi connectivity index (χ0n) is 9.41. The number of halogens is 1. The van der Waals surface area contributed by atoms with Crippen molar-refractivity contribution in [2.45, 2.75) is 46.1 Å². The van der Waals surface area contributed by atoms with E-state index in [1.807, 2.05) is 11.5 Å². The van der Waals surface area contributed by atoms with Gasteiger partial charge in [0.05, 0.1) is 0 Å². The first-order chi connectivity index (χ1) is 7.18. The van der Waals surface area contributed by atoms with Gasteiger partial charge in [0.25, 0.3) is 0 Å². The van der Waals surface area contributed by atoms with Crippen LogP contribution in [-0.2, 0) is 6.54 Å². The minimum Gasteiger partial charge on any atom is -0.302 e. The van der Waals surface area contributed by atoms with Crippen LogP contribution in [0.2, 0.25) is 5.28 Å². The molecule has 1 heterocycles. The van der Waals surface area contributed by atoms with Crippen LogP contribution in [0.3, 0.4) is 0 Å². The van der Waals surface area contributed by atoms with Crippen molar-refractivity contribution in [3.05, 3.63) is 11.1 Å². The van der Waals surface area contributed by atoms with E-state index < -0.39 is 0 Å². The summed E-state index contributed by atoms with van der Waals surface area (Å²) in [4.78, 5) is 0. The summed E-state index contributed by atoms with van der Waals surface area (Å²) < 4.78 is 2.04. The zero-order valence-corrected chi connectivity index (χ0v) is 10.2. The second kappa shape index (κ2) is 4.52. The summed E-state index contributed by atoms with van der Waals surface area (Å²) in [5.41, 5.74) is 0. The SMILES string of the molecule is Cc1nnc(Cl)n1CC1CCCCC1C. The Morgan fingerprint density at radius 3 is 2.67 bits per heavy atom. The predicted octanol–water partition coefficient (Wildman–Crippen LogP) is 3.07. The lowest BCUT2D eigenvalue weighted by Gasteiger charge is -2.29. The lowest BCUT2D eigenvalue weighted by molar-refractivity contribution is 0.227. The average molecular weight is 228 g/mol. The molecule has 15 heavy (non-hydrogen) atoms. The Kier molecular flexibility index (Phi) is 3.29. The molecular formula is C11H18ClN3. The summed E-state index contributed by atoms with van der Waals surface area (Å²) in [5, 5.41) is 8.41. The maximum absolute atomic E-state index is 6.00. The highest BCUT2D eigenvalue weighted by atomic mass is 35.5. The maximum Gasteiger partial charge on any atom is 0.225 e. The molecule has 4 heteroatoms. The highest BCUT2D eigenvalue weighted by Gasteiger charge is 2.23. The van der Waals surface area contributed by atoms with Crippen LogP contribution in [-0.4, -0.2) is 14.8 Å². The Hall–Kier alpha value is -0.570. The second-order valence-electron chi connectivity index (χ2n) is 4.65. The van der Waals surface area contributed by atoms with E-state index in [-0.39, 0.29) is 0 Å². The van der Waals surface area contributed by atoms with Crippen LogP contribution in [0, 0.1) is 18.8 Å². The van der Waals surface area contributed by atoms with E-state index in [0.29, 0.717) is 5.28 Å². The molecule has 2 atom stereocenters. The molecule has 1 aromatic heterocycles. The molecule has 0 aliphatic heterocycles. The van der Waals surface area contributed by atoms with Crippen LogP contribution in [0.4, 0.5) is 0 Å². The van der Waals surface area contributed by atoms with Gasteiger partial charge in [0.15, 0.2) is 0 Å². The van der Waals surface area contributed by atoms with Gasteiger partial charge in [-0.25, -0.2) is 0 Å². The summed E-state index contributed by atoms with van der Waals surface area (Å²) in [6.45, 7) is 5.29. The normalized spacial score (nSPS) is 26.9. The molecule has 0 bridgehead atoms. The van der Waals surface area contributed by atoms with E-state index in [2.05, 4.69) is 17.1 Å². The molecule has 0 radical (unpaired) electrons. The number of aromatic nitrogens is 3. The van der Waals surface area contributed by atoms with Crippen molar-refractivity contribution in [2.24, 2.45) is 11.8 Å². The molecule has 0 saturated heterocycles. The number of rotatable bonds is 2. The predicted molar refractivity (Wildman–Crippen MR) is 60.9 cm³/mol. The number of hydrogen-bond donors (Lipinski definition) is 0. The van der Waals surface area contributed by atoms with Gasteiger partial charge in [-0.2, -0.15) is 0 Å². The smallest absolute Gasteiger partial charge is 0.225 e. The molecule has 0 amide bonds. The fourth-order valence-electron chi connectivity index (χ4n) is 2.46. The summed E-state index contributed by atoms with van der Waals surface area (Å²) >= 11 is 6.00. The largest absolute Gasteiger partial charge is 0.302 e. The van der Waals surface area contributed by atoms with E-state index in [0.717, 1.165) is 24.2 Å². The lowest BCUT2D eigenvalue weighted by Crippen LogP contribution is -2.22. The van der Waals surface area contributed by atoms with E-state index >= 15 is 0 Å². The van der Waals surface area contributed by atoms with Crippen molar-refractivity contribution in [3.8, 4) is 0 Å². The summed E-state index contributed by atoms with van der Waals surface area (Å²) in [6, 6.07) is 0. The first-order valence-electron chi connectivity index (χ1n) is 5.74. The molecule has 2 rings (SSSR count). The third-order valence-corrected chi connectivity index (χ3v) is 3.88. The standard InChI is InChI=1S/C11H18ClN3/c1-8-5-3-4-6-10(8)7-15-9(2)13-14-11(15)12/h8,10H,3-7H2,1-2H3. The van der Waals surface area contributed by atoms with Gasteiger partial charge < -0.3 is 4.57 Å². The van der Waals surface area contributed by atoms with Gasteiger partial charge in [0.1, 0.15) is 5.82 Å². The van der Waals surface area contributed by atoms with Gasteiger partial charge in [0, 0.05) is 6.54 Å². The fourth-order valence-corrected chi connectivity index (χ4v) is 2.69. The Morgan fingerprint density at radius 2 is 2.07 bits per heavy atom. The molecule has 1 aliphatic rings. The van der Waals surface area contributed by atoms with Crippen molar-refractivity contribution in [1.29, 1.82) is 0 Å². The molecule has 1 fully saturated rings. The van der Waals surface area contributed by atoms with E-state index in [1.165, 1.54) is 25.7 Å². The molecule has 0 aromatic carbocycles. The average Bonchev–Trinajstić information content (AvgIpc) is 2.53. The van der Waals surface area contributed by atoms with Crippen LogP contribution < -0.4 is 0 Å². The van der Waals surface area contributed by atoms with Gasteiger partial charge >= 0.3 is 0 Å². The molecule has 3 nitrogen and oxygen atoms in total. The first-order valence-corrected chi connectivity index (χ1v) is 6.11. The number of hydrogen-bond acceptors (Lipinski definition) is 2. The molecule has 84 valence electrons. The molecule has 0 spiro atoms. The van der Waals surface area contributed by atoms with Gasteiger partial charge in [-0.1, -0.05) is 26.2 Å². The number of nitrogens with zero attached hydrogens (tertiary/aromatic N) is 3. The second-order valence-corrected chi connectivity index (χ2v) is 4.99. The third-order valence-electron chi connectivity index (χ3n) is 3.60. The molecule has 1 aliphatic carbocycles. The topological polar surface area (TPSA) is 30.7 Å². The first kappa shape index (κ1) is 10.9. The molecule has 0 N–H and O–H groups in total. The summed E-state index contributed by atoms with van der Waals surface area (Å²) in [6.07, 6.45) is 5.40.